The average Bonchev–Trinajstić information content (AvgIpc) is 2.86. The molecule has 0 radical (unpaired) electrons. The van der Waals surface area contributed by atoms with E-state index in [1.165, 1.54) is 25.3 Å². The van der Waals surface area contributed by atoms with Gasteiger partial charge >= 0.3 is 6.09 Å². The van der Waals surface area contributed by atoms with Gasteiger partial charge in [0.2, 0.25) is 0 Å². The number of nitrogens with zero attached hydrogens (tertiary/aromatic N) is 1. The summed E-state index contributed by atoms with van der Waals surface area (Å²) >= 11 is 1.94. The van der Waals surface area contributed by atoms with Gasteiger partial charge in [0.25, 0.3) is 5.91 Å². The monoisotopic (exact) mass is 392 g/mol. The van der Waals surface area contributed by atoms with Crippen molar-refractivity contribution < 1.29 is 18.7 Å². The van der Waals surface area contributed by atoms with Gasteiger partial charge in [-0.1, -0.05) is 0 Å². The normalized spacial score (nSPS) is 17.9. The number of methoxy groups -OCH3 is 1. The number of carbonyl (C=O) groups is 2. The summed E-state index contributed by atoms with van der Waals surface area (Å²) in [7, 11) is 1.30. The molecule has 108 valence electrons. The fourth-order valence-electron chi connectivity index (χ4n) is 2.12. The summed E-state index contributed by atoms with van der Waals surface area (Å²) < 4.78 is 18.2. The van der Waals surface area contributed by atoms with Gasteiger partial charge < -0.3 is 15.0 Å². The molecule has 0 saturated carbocycles. The molecule has 0 spiro atoms. The fraction of sp³-hybridized carbons (Fsp3) is 0.385. The number of carbonyl (C=O) groups excluding carboxylic acids is 2. The van der Waals surface area contributed by atoms with Crippen LogP contribution in [0.4, 0.5) is 9.18 Å². The molecule has 1 saturated heterocycles. The van der Waals surface area contributed by atoms with Crippen LogP contribution in [0.25, 0.3) is 0 Å². The van der Waals surface area contributed by atoms with E-state index >= 15 is 0 Å². The Morgan fingerprint density at radius 2 is 2.25 bits per heavy atom. The number of benzene rings is 1. The molecular formula is C13H14FIN2O3. The standard InChI is InChI=1S/C13H14FIN2O3/c1-20-13(19)16-9-4-5-17(7-9)12(18)10-3-2-8(14)6-11(10)15/h2-3,6,9H,4-5,7H2,1H3,(H,16,19). The zero-order valence-electron chi connectivity index (χ0n) is 10.9. The quantitative estimate of drug-likeness (QED) is 0.784. The maximum absolute atomic E-state index is 13.0. The van der Waals surface area contributed by atoms with Crippen molar-refractivity contribution in [2.75, 3.05) is 20.2 Å². The first kappa shape index (κ1) is 15.0. The van der Waals surface area contributed by atoms with Crippen LogP contribution in [0.15, 0.2) is 18.2 Å². The number of hydrogen-bond donors (Lipinski definition) is 1. The highest BCUT2D eigenvalue weighted by atomic mass is 127. The summed E-state index contributed by atoms with van der Waals surface area (Å²) in [5.41, 5.74) is 0.478. The van der Waals surface area contributed by atoms with Crippen LogP contribution in [0.2, 0.25) is 0 Å². The number of likely N-dealkylation sites (tertiary alicyclic amines) is 1. The molecule has 1 aromatic rings. The van der Waals surface area contributed by atoms with Gasteiger partial charge in [0, 0.05) is 16.7 Å². The van der Waals surface area contributed by atoms with Crippen LogP contribution in [-0.4, -0.2) is 43.1 Å². The highest BCUT2D eigenvalue weighted by Gasteiger charge is 2.29. The molecule has 0 aliphatic carbocycles. The number of ether oxygens (including phenoxy) is 1. The Kier molecular flexibility index (Phi) is 4.79. The molecule has 1 aromatic carbocycles. The van der Waals surface area contributed by atoms with E-state index in [1.807, 2.05) is 22.6 Å². The van der Waals surface area contributed by atoms with Gasteiger partial charge in [-0.3, -0.25) is 4.79 Å². The maximum atomic E-state index is 13.0. The van der Waals surface area contributed by atoms with Crippen LogP contribution in [0.3, 0.4) is 0 Å². The molecular weight excluding hydrogens is 378 g/mol. The van der Waals surface area contributed by atoms with E-state index in [4.69, 9.17) is 0 Å². The molecule has 1 aliphatic rings. The minimum atomic E-state index is -0.499. The molecule has 1 atom stereocenters. The second-order valence-corrected chi connectivity index (χ2v) is 5.66. The first-order valence-electron chi connectivity index (χ1n) is 6.10. The smallest absolute Gasteiger partial charge is 0.407 e. The van der Waals surface area contributed by atoms with E-state index < -0.39 is 6.09 Å². The van der Waals surface area contributed by atoms with Crippen LogP contribution in [-0.2, 0) is 4.74 Å². The molecule has 7 heteroatoms. The lowest BCUT2D eigenvalue weighted by Gasteiger charge is -2.17. The minimum Gasteiger partial charge on any atom is -0.453 e. The summed E-state index contributed by atoms with van der Waals surface area (Å²) in [4.78, 5) is 25.1. The number of rotatable bonds is 2. The third-order valence-electron chi connectivity index (χ3n) is 3.14. The van der Waals surface area contributed by atoms with Gasteiger partial charge in [0.1, 0.15) is 5.82 Å². The molecule has 0 aromatic heterocycles. The summed E-state index contributed by atoms with van der Waals surface area (Å²) in [5.74, 6) is -0.513. The average molecular weight is 392 g/mol. The summed E-state index contributed by atoms with van der Waals surface area (Å²) in [6.07, 6.45) is 0.180. The van der Waals surface area contributed by atoms with Crippen molar-refractivity contribution in [3.05, 3.63) is 33.1 Å². The largest absolute Gasteiger partial charge is 0.453 e. The van der Waals surface area contributed by atoms with Gasteiger partial charge in [-0.15, -0.1) is 0 Å². The van der Waals surface area contributed by atoms with E-state index in [2.05, 4.69) is 10.1 Å². The van der Waals surface area contributed by atoms with Crippen LogP contribution >= 0.6 is 22.6 Å². The number of halogens is 2. The molecule has 1 fully saturated rings. The van der Waals surface area contributed by atoms with E-state index in [0.29, 0.717) is 28.6 Å². The highest BCUT2D eigenvalue weighted by molar-refractivity contribution is 14.1. The van der Waals surface area contributed by atoms with Gasteiger partial charge in [0.15, 0.2) is 0 Å². The van der Waals surface area contributed by atoms with Crippen LogP contribution in [0.5, 0.6) is 0 Å². The highest BCUT2D eigenvalue weighted by Crippen LogP contribution is 2.19. The number of hydrogen-bond acceptors (Lipinski definition) is 3. The van der Waals surface area contributed by atoms with Crippen molar-refractivity contribution in [1.82, 2.24) is 10.2 Å². The van der Waals surface area contributed by atoms with Gasteiger partial charge in [0.05, 0.1) is 18.7 Å². The van der Waals surface area contributed by atoms with Gasteiger partial charge in [-0.25, -0.2) is 9.18 Å². The maximum Gasteiger partial charge on any atom is 0.407 e. The molecule has 1 heterocycles. The van der Waals surface area contributed by atoms with Gasteiger partial charge in [-0.2, -0.15) is 0 Å². The molecule has 1 aliphatic heterocycles. The zero-order chi connectivity index (χ0) is 14.7. The van der Waals surface area contributed by atoms with Crippen LogP contribution < -0.4 is 5.32 Å². The molecule has 1 N–H and O–H groups in total. The summed E-state index contributed by atoms with van der Waals surface area (Å²) in [6, 6.07) is 3.98. The minimum absolute atomic E-state index is 0.107. The second-order valence-electron chi connectivity index (χ2n) is 4.50. The van der Waals surface area contributed by atoms with Crippen molar-refractivity contribution in [2.45, 2.75) is 12.5 Å². The zero-order valence-corrected chi connectivity index (χ0v) is 13.0. The van der Waals surface area contributed by atoms with E-state index in [-0.39, 0.29) is 17.8 Å². The fourth-order valence-corrected chi connectivity index (χ4v) is 2.83. The van der Waals surface area contributed by atoms with Crippen molar-refractivity contribution in [1.29, 1.82) is 0 Å². The van der Waals surface area contributed by atoms with Crippen molar-refractivity contribution >= 4 is 34.6 Å². The predicted octanol–water partition coefficient (Wildman–Crippen LogP) is 2.00. The number of nitrogens with one attached hydrogen (secondary N) is 1. The number of amides is 2. The molecule has 20 heavy (non-hydrogen) atoms. The third-order valence-corrected chi connectivity index (χ3v) is 4.04. The summed E-state index contributed by atoms with van der Waals surface area (Å²) in [5, 5.41) is 2.67. The molecule has 1 unspecified atom stereocenters. The lowest BCUT2D eigenvalue weighted by atomic mass is 10.2. The molecule has 5 nitrogen and oxygen atoms in total. The Bertz CT molecular complexity index is 538. The van der Waals surface area contributed by atoms with Crippen molar-refractivity contribution in [2.24, 2.45) is 0 Å². The Labute approximate surface area is 129 Å². The van der Waals surface area contributed by atoms with E-state index in [9.17, 15) is 14.0 Å². The third kappa shape index (κ3) is 3.38. The molecule has 2 amide bonds. The van der Waals surface area contributed by atoms with Crippen molar-refractivity contribution in [3.63, 3.8) is 0 Å². The Balaban J connectivity index is 2.02. The number of alkyl carbamates (subject to hydrolysis) is 1. The molecule has 0 bridgehead atoms. The second kappa shape index (κ2) is 6.38. The van der Waals surface area contributed by atoms with Crippen LogP contribution in [0.1, 0.15) is 16.8 Å². The lowest BCUT2D eigenvalue weighted by molar-refractivity contribution is 0.0787. The topological polar surface area (TPSA) is 58.6 Å². The molecule has 2 rings (SSSR count). The first-order valence-corrected chi connectivity index (χ1v) is 7.18. The first-order chi connectivity index (χ1) is 9.51. The van der Waals surface area contributed by atoms with E-state index in [0.717, 1.165) is 0 Å². The van der Waals surface area contributed by atoms with Crippen LogP contribution in [0, 0.1) is 9.39 Å². The lowest BCUT2D eigenvalue weighted by Crippen LogP contribution is -2.38. The summed E-state index contributed by atoms with van der Waals surface area (Å²) in [6.45, 7) is 0.988. The Morgan fingerprint density at radius 1 is 1.50 bits per heavy atom. The Morgan fingerprint density at radius 3 is 2.90 bits per heavy atom. The van der Waals surface area contributed by atoms with Crippen molar-refractivity contribution in [3.8, 4) is 0 Å². The van der Waals surface area contributed by atoms with E-state index in [1.54, 1.807) is 4.90 Å². The predicted molar refractivity (Wildman–Crippen MR) is 79.0 cm³/mol. The Hall–Kier alpha value is -1.38. The SMILES string of the molecule is COC(=O)NC1CCN(C(=O)c2ccc(F)cc2I)C1. The van der Waals surface area contributed by atoms with Gasteiger partial charge in [-0.05, 0) is 47.2 Å².